The molecule has 0 spiro atoms. The molecule has 0 aromatic heterocycles. The molecule has 0 rings (SSSR count). The summed E-state index contributed by atoms with van der Waals surface area (Å²) in [6.45, 7) is 3.07. The second-order valence-corrected chi connectivity index (χ2v) is 8.24. The number of aliphatic carboxylic acids is 2. The van der Waals surface area contributed by atoms with E-state index in [2.05, 4.69) is 5.32 Å². The van der Waals surface area contributed by atoms with Gasteiger partial charge in [0.1, 0.15) is 6.04 Å². The molecule has 0 bridgehead atoms. The maximum absolute atomic E-state index is 11.2. The summed E-state index contributed by atoms with van der Waals surface area (Å²) in [5.41, 5.74) is -1.41. The first-order valence-electron chi connectivity index (χ1n) is 6.52. The fourth-order valence-corrected chi connectivity index (χ4v) is 3.60. The molecular formula is C12H25NO7Si. The molecule has 0 unspecified atom stereocenters. The molecule has 0 saturated carbocycles. The third kappa shape index (κ3) is 5.36. The molecule has 0 radical (unpaired) electrons. The van der Waals surface area contributed by atoms with Gasteiger partial charge in [-0.25, -0.2) is 0 Å². The van der Waals surface area contributed by atoms with Crippen LogP contribution in [0.5, 0.6) is 0 Å². The molecule has 0 amide bonds. The van der Waals surface area contributed by atoms with Crippen LogP contribution in [-0.2, 0) is 22.9 Å². The molecule has 0 aromatic rings. The zero-order chi connectivity index (χ0) is 16.7. The van der Waals surface area contributed by atoms with E-state index in [0.717, 1.165) is 0 Å². The molecule has 3 N–H and O–H groups in total. The van der Waals surface area contributed by atoms with Gasteiger partial charge < -0.3 is 28.8 Å². The molecule has 0 aliphatic rings. The summed E-state index contributed by atoms with van der Waals surface area (Å²) in [5.74, 6) is -2.37. The zero-order valence-electron chi connectivity index (χ0n) is 13.1. The van der Waals surface area contributed by atoms with Crippen LogP contribution in [0, 0.1) is 5.41 Å². The molecule has 0 aliphatic carbocycles. The van der Waals surface area contributed by atoms with Crippen LogP contribution in [-0.4, -0.2) is 64.9 Å². The Kier molecular flexibility index (Phi) is 8.04. The Bertz CT molecular complexity index is 349. The highest BCUT2D eigenvalue weighted by Gasteiger charge is 2.42. The second-order valence-electron chi connectivity index (χ2n) is 5.15. The molecule has 0 aliphatic heterocycles. The Labute approximate surface area is 125 Å². The van der Waals surface area contributed by atoms with Crippen molar-refractivity contribution in [2.75, 3.05) is 27.9 Å². The molecule has 124 valence electrons. The number of carboxylic acid groups (broad SMARTS) is 2. The summed E-state index contributed by atoms with van der Waals surface area (Å²) < 4.78 is 15.8. The highest BCUT2D eigenvalue weighted by molar-refractivity contribution is 6.60. The van der Waals surface area contributed by atoms with Crippen LogP contribution >= 0.6 is 0 Å². The van der Waals surface area contributed by atoms with Gasteiger partial charge in [-0.1, -0.05) is 0 Å². The van der Waals surface area contributed by atoms with Gasteiger partial charge in [0.2, 0.25) is 0 Å². The van der Waals surface area contributed by atoms with Crippen LogP contribution < -0.4 is 5.32 Å². The highest BCUT2D eigenvalue weighted by Crippen LogP contribution is 2.22. The van der Waals surface area contributed by atoms with E-state index in [1.165, 1.54) is 35.2 Å². The Balaban J connectivity index is 4.54. The minimum absolute atomic E-state index is 0.318. The topological polar surface area (TPSA) is 114 Å². The summed E-state index contributed by atoms with van der Waals surface area (Å²) >= 11 is 0. The molecule has 9 heteroatoms. The molecule has 0 fully saturated rings. The number of rotatable bonds is 11. The van der Waals surface area contributed by atoms with E-state index in [1.54, 1.807) is 0 Å². The number of hydrogen-bond acceptors (Lipinski definition) is 6. The van der Waals surface area contributed by atoms with Gasteiger partial charge in [-0.05, 0) is 26.8 Å². The lowest BCUT2D eigenvalue weighted by molar-refractivity contribution is -0.156. The van der Waals surface area contributed by atoms with E-state index in [1.807, 2.05) is 0 Å². The van der Waals surface area contributed by atoms with Crippen LogP contribution in [0.15, 0.2) is 0 Å². The van der Waals surface area contributed by atoms with Crippen LogP contribution in [0.4, 0.5) is 0 Å². The van der Waals surface area contributed by atoms with Gasteiger partial charge in [0, 0.05) is 27.4 Å². The summed E-state index contributed by atoms with van der Waals surface area (Å²) in [7, 11) is 1.81. The smallest absolute Gasteiger partial charge is 0.481 e. The summed E-state index contributed by atoms with van der Waals surface area (Å²) in [6, 6.07) is -0.678. The Hall–Kier alpha value is -1.00. The third-order valence-corrected chi connectivity index (χ3v) is 6.29. The van der Waals surface area contributed by atoms with Crippen molar-refractivity contribution in [2.45, 2.75) is 32.4 Å². The zero-order valence-corrected chi connectivity index (χ0v) is 14.1. The van der Waals surface area contributed by atoms with Crippen molar-refractivity contribution in [3.05, 3.63) is 0 Å². The Morgan fingerprint density at radius 2 is 1.62 bits per heavy atom. The molecule has 0 saturated heterocycles. The number of carboxylic acids is 2. The number of carbonyl (C=O) groups is 2. The first kappa shape index (κ1) is 20.0. The van der Waals surface area contributed by atoms with Gasteiger partial charge in [0.05, 0.1) is 5.41 Å². The van der Waals surface area contributed by atoms with Crippen molar-refractivity contribution < 1.29 is 33.1 Å². The van der Waals surface area contributed by atoms with Crippen LogP contribution in [0.25, 0.3) is 0 Å². The van der Waals surface area contributed by atoms with Crippen molar-refractivity contribution in [1.82, 2.24) is 5.32 Å². The average molecular weight is 323 g/mol. The van der Waals surface area contributed by atoms with E-state index >= 15 is 0 Å². The van der Waals surface area contributed by atoms with Crippen LogP contribution in [0.3, 0.4) is 0 Å². The lowest BCUT2D eigenvalue weighted by Gasteiger charge is -2.28. The maximum atomic E-state index is 11.2. The molecule has 0 heterocycles. The van der Waals surface area contributed by atoms with E-state index in [9.17, 15) is 9.59 Å². The summed E-state index contributed by atoms with van der Waals surface area (Å²) in [4.78, 5) is 22.4. The molecule has 21 heavy (non-hydrogen) atoms. The Morgan fingerprint density at radius 3 is 1.95 bits per heavy atom. The monoisotopic (exact) mass is 323 g/mol. The van der Waals surface area contributed by atoms with Gasteiger partial charge in [-0.3, -0.25) is 9.59 Å². The molecule has 1 atom stereocenters. The van der Waals surface area contributed by atoms with Gasteiger partial charge >= 0.3 is 20.7 Å². The number of nitrogens with one attached hydrogen (secondary N) is 1. The first-order chi connectivity index (χ1) is 9.66. The normalized spacial score (nSPS) is 14.0. The Morgan fingerprint density at radius 1 is 1.14 bits per heavy atom. The second kappa shape index (κ2) is 8.44. The van der Waals surface area contributed by atoms with E-state index in [0.29, 0.717) is 19.0 Å². The fraction of sp³-hybridized carbons (Fsp3) is 0.833. The quantitative estimate of drug-likeness (QED) is 0.370. The predicted octanol–water partition coefficient (Wildman–Crippen LogP) is 0.408. The van der Waals surface area contributed by atoms with Crippen molar-refractivity contribution >= 4 is 20.7 Å². The van der Waals surface area contributed by atoms with E-state index < -0.39 is 32.2 Å². The van der Waals surface area contributed by atoms with Gasteiger partial charge in [-0.2, -0.15) is 0 Å². The van der Waals surface area contributed by atoms with Crippen molar-refractivity contribution in [2.24, 2.45) is 5.41 Å². The van der Waals surface area contributed by atoms with Crippen molar-refractivity contribution in [1.29, 1.82) is 0 Å². The molecule has 8 nitrogen and oxygen atoms in total. The largest absolute Gasteiger partial charge is 0.500 e. The minimum Gasteiger partial charge on any atom is -0.481 e. The highest BCUT2D eigenvalue weighted by atomic mass is 28.4. The van der Waals surface area contributed by atoms with Gasteiger partial charge in [0.25, 0.3) is 0 Å². The SMILES string of the molecule is CO[Si](CCCN[C@H](C(=O)O)C(C)(C)C(=O)O)(OC)OC. The first-order valence-corrected chi connectivity index (χ1v) is 8.45. The minimum atomic E-state index is -2.69. The molecule has 0 aromatic carbocycles. The number of hydrogen-bond donors (Lipinski definition) is 3. The standard InChI is InChI=1S/C12H25NO7Si/c1-12(2,11(16)17)9(10(14)15)13-7-6-8-21(18-3,19-4)20-5/h9,13H,6-8H2,1-5H3,(H,14,15)(H,16,17)/t9-/m1/s1. The predicted molar refractivity (Wildman–Crippen MR) is 77.0 cm³/mol. The van der Waals surface area contributed by atoms with Crippen LogP contribution in [0.1, 0.15) is 20.3 Å². The molecular weight excluding hydrogens is 298 g/mol. The van der Waals surface area contributed by atoms with Gasteiger partial charge in [0.15, 0.2) is 0 Å². The summed E-state index contributed by atoms with van der Waals surface area (Å²) in [5, 5.41) is 21.0. The lowest BCUT2D eigenvalue weighted by atomic mass is 9.84. The fourth-order valence-electron chi connectivity index (χ4n) is 1.88. The third-order valence-electron chi connectivity index (χ3n) is 3.46. The van der Waals surface area contributed by atoms with Crippen molar-refractivity contribution in [3.63, 3.8) is 0 Å². The lowest BCUT2D eigenvalue weighted by Crippen LogP contribution is -2.52. The van der Waals surface area contributed by atoms with Gasteiger partial charge in [-0.15, -0.1) is 0 Å². The average Bonchev–Trinajstić information content (AvgIpc) is 2.42. The maximum Gasteiger partial charge on any atom is 0.500 e. The van der Waals surface area contributed by atoms with E-state index in [-0.39, 0.29) is 0 Å². The summed E-state index contributed by atoms with van der Waals surface area (Å²) in [6.07, 6.45) is 0.543. The van der Waals surface area contributed by atoms with E-state index in [4.69, 9.17) is 23.5 Å². The van der Waals surface area contributed by atoms with Crippen LogP contribution in [0.2, 0.25) is 6.04 Å². The van der Waals surface area contributed by atoms with Crippen molar-refractivity contribution in [3.8, 4) is 0 Å².